The van der Waals surface area contributed by atoms with E-state index in [2.05, 4.69) is 4.84 Å². The van der Waals surface area contributed by atoms with Crippen LogP contribution >= 0.6 is 0 Å². The summed E-state index contributed by atoms with van der Waals surface area (Å²) in [6.07, 6.45) is -1.80. The number of carbonyl (C=O) groups excluding carboxylic acids is 3. The van der Waals surface area contributed by atoms with E-state index in [1.165, 1.54) is 6.92 Å². The second-order valence-corrected chi connectivity index (χ2v) is 9.72. The highest BCUT2D eigenvalue weighted by Crippen LogP contribution is 2.28. The fraction of sp³-hybridized carbons (Fsp3) is 0.250. The predicted octanol–water partition coefficient (Wildman–Crippen LogP) is -1.05. The molecule has 2 amide bonds. The van der Waals surface area contributed by atoms with Gasteiger partial charge in [-0.2, -0.15) is 16.8 Å². The lowest BCUT2D eigenvalue weighted by Gasteiger charge is -2.14. The van der Waals surface area contributed by atoms with Crippen molar-refractivity contribution in [3.05, 3.63) is 33.7 Å². The maximum absolute atomic E-state index is 12.3. The minimum absolute atomic E-state index is 0.00832. The fourth-order valence-electron chi connectivity index (χ4n) is 3.05. The van der Waals surface area contributed by atoms with Crippen molar-refractivity contribution in [1.29, 1.82) is 0 Å². The molecule has 1 saturated heterocycles. The summed E-state index contributed by atoms with van der Waals surface area (Å²) >= 11 is 0. The van der Waals surface area contributed by atoms with Gasteiger partial charge in [-0.25, -0.2) is 9.59 Å². The van der Waals surface area contributed by atoms with Crippen LogP contribution in [0.15, 0.2) is 26.2 Å². The summed E-state index contributed by atoms with van der Waals surface area (Å²) in [5.41, 5.74) is 3.68. The summed E-state index contributed by atoms with van der Waals surface area (Å²) in [4.78, 5) is 52.1. The zero-order chi connectivity index (χ0) is 24.2. The maximum atomic E-state index is 12.3. The lowest BCUT2D eigenvalue weighted by atomic mass is 10.0. The lowest BCUT2D eigenvalue weighted by Crippen LogP contribution is -2.37. The van der Waals surface area contributed by atoms with Crippen molar-refractivity contribution in [1.82, 2.24) is 5.06 Å². The molecule has 1 atom stereocenters. The van der Waals surface area contributed by atoms with Crippen LogP contribution in [0.25, 0.3) is 11.0 Å². The highest BCUT2D eigenvalue weighted by atomic mass is 32.2. The normalized spacial score (nSPS) is 17.2. The summed E-state index contributed by atoms with van der Waals surface area (Å²) < 4.78 is 68.5. The molecule has 1 unspecified atom stereocenters. The third kappa shape index (κ3) is 4.20. The highest BCUT2D eigenvalue weighted by Gasteiger charge is 2.48. The third-order valence-corrected chi connectivity index (χ3v) is 6.63. The van der Waals surface area contributed by atoms with Gasteiger partial charge in [0.1, 0.15) is 10.5 Å². The van der Waals surface area contributed by atoms with Crippen LogP contribution in [0.3, 0.4) is 0 Å². The Morgan fingerprint density at radius 1 is 1.22 bits per heavy atom. The third-order valence-electron chi connectivity index (χ3n) is 4.63. The molecule has 32 heavy (non-hydrogen) atoms. The zero-order valence-corrected chi connectivity index (χ0v) is 17.6. The molecule has 0 saturated carbocycles. The number of anilines is 1. The zero-order valence-electron chi connectivity index (χ0n) is 16.0. The van der Waals surface area contributed by atoms with E-state index < -0.39 is 72.3 Å². The number of rotatable bonds is 5. The average Bonchev–Trinajstić information content (AvgIpc) is 2.92. The summed E-state index contributed by atoms with van der Waals surface area (Å²) in [5.74, 6) is -4.02. The number of benzene rings is 1. The van der Waals surface area contributed by atoms with E-state index in [1.807, 2.05) is 0 Å². The van der Waals surface area contributed by atoms with Crippen molar-refractivity contribution in [2.75, 3.05) is 5.73 Å². The van der Waals surface area contributed by atoms with Crippen molar-refractivity contribution in [3.63, 3.8) is 0 Å². The average molecular weight is 490 g/mol. The van der Waals surface area contributed by atoms with Crippen molar-refractivity contribution < 1.29 is 49.6 Å². The summed E-state index contributed by atoms with van der Waals surface area (Å²) in [6.45, 7) is 1.33. The van der Waals surface area contributed by atoms with Crippen LogP contribution in [0.1, 0.15) is 17.5 Å². The highest BCUT2D eigenvalue weighted by molar-refractivity contribution is 7.87. The topological polar surface area (TPSA) is 229 Å². The molecule has 16 heteroatoms. The molecule has 0 bridgehead atoms. The molecular formula is C16H14N2O12S2. The molecule has 0 aliphatic carbocycles. The molecule has 2 aromatic rings. The minimum atomic E-state index is -4.92. The Morgan fingerprint density at radius 2 is 1.84 bits per heavy atom. The fourth-order valence-corrected chi connectivity index (χ4v) is 4.38. The van der Waals surface area contributed by atoms with Crippen LogP contribution in [0.2, 0.25) is 0 Å². The molecular weight excluding hydrogens is 476 g/mol. The molecule has 4 N–H and O–H groups in total. The number of hydrogen-bond donors (Lipinski definition) is 3. The van der Waals surface area contributed by atoms with Crippen molar-refractivity contribution in [2.45, 2.75) is 29.9 Å². The van der Waals surface area contributed by atoms with Gasteiger partial charge in [0.05, 0.1) is 24.1 Å². The van der Waals surface area contributed by atoms with Gasteiger partial charge >= 0.3 is 11.6 Å². The van der Waals surface area contributed by atoms with E-state index in [1.54, 1.807) is 0 Å². The van der Waals surface area contributed by atoms with Gasteiger partial charge in [-0.15, -0.1) is 5.06 Å². The number of amides is 2. The van der Waals surface area contributed by atoms with Gasteiger partial charge in [-0.1, -0.05) is 0 Å². The maximum Gasteiger partial charge on any atom is 0.340 e. The van der Waals surface area contributed by atoms with Crippen molar-refractivity contribution >= 4 is 54.7 Å². The Balaban J connectivity index is 1.94. The first-order valence-electron chi connectivity index (χ1n) is 8.48. The molecule has 3 rings (SSSR count). The number of nitrogen functional groups attached to an aromatic ring is 1. The number of hydroxylamine groups is 2. The van der Waals surface area contributed by atoms with Crippen LogP contribution in [-0.2, 0) is 45.9 Å². The van der Waals surface area contributed by atoms with Crippen molar-refractivity contribution in [3.8, 4) is 0 Å². The largest absolute Gasteiger partial charge is 0.422 e. The van der Waals surface area contributed by atoms with Crippen LogP contribution in [0.5, 0.6) is 0 Å². The molecule has 0 spiro atoms. The Bertz CT molecular complexity index is 1460. The molecule has 2 heterocycles. The molecule has 172 valence electrons. The Labute approximate surface area is 179 Å². The molecule has 0 radical (unpaired) electrons. The lowest BCUT2D eigenvalue weighted by molar-refractivity contribution is -0.196. The number of fused-ring (bicyclic) bond motifs is 1. The van der Waals surface area contributed by atoms with Gasteiger partial charge in [-0.05, 0) is 18.6 Å². The number of aryl methyl sites for hydroxylation is 1. The first-order valence-corrected chi connectivity index (χ1v) is 11.4. The van der Waals surface area contributed by atoms with Crippen LogP contribution in [-0.4, -0.2) is 54.0 Å². The Kier molecular flexibility index (Phi) is 5.58. The van der Waals surface area contributed by atoms with E-state index in [0.717, 1.165) is 12.1 Å². The molecule has 1 aliphatic heterocycles. The van der Waals surface area contributed by atoms with Crippen molar-refractivity contribution in [2.24, 2.45) is 0 Å². The van der Waals surface area contributed by atoms with Crippen LogP contribution < -0.4 is 11.4 Å². The van der Waals surface area contributed by atoms with Crippen LogP contribution in [0, 0.1) is 6.92 Å². The summed E-state index contributed by atoms with van der Waals surface area (Å²) in [6, 6.07) is 1.92. The first kappa shape index (κ1) is 23.3. The standard InChI is InChI=1S/C16H14N2O12S2/c1-6-7-2-11(31(23,24)25)9(17)4-10(7)29-16(22)8(6)3-14(20)30-18-13(19)5-12(15(18)21)32(26,27)28/h2,4,12H,3,5,17H2,1H3,(H,23,24,25)(H,26,27,28). The predicted molar refractivity (Wildman–Crippen MR) is 103 cm³/mol. The Morgan fingerprint density at radius 3 is 2.38 bits per heavy atom. The van der Waals surface area contributed by atoms with Gasteiger partial charge in [0, 0.05) is 11.5 Å². The minimum Gasteiger partial charge on any atom is -0.422 e. The SMILES string of the molecule is Cc1c(CC(=O)ON2C(=O)CC(S(=O)(=O)O)C2=O)c(=O)oc2cc(N)c(S(=O)(=O)O)cc12. The van der Waals surface area contributed by atoms with Gasteiger partial charge in [-0.3, -0.25) is 18.7 Å². The number of hydrogen-bond acceptors (Lipinski definition) is 11. The molecule has 14 nitrogen and oxygen atoms in total. The number of nitrogens with zero attached hydrogens (tertiary/aromatic N) is 1. The summed E-state index contributed by atoms with van der Waals surface area (Å²) in [7, 11) is -9.64. The van der Waals surface area contributed by atoms with E-state index in [9.17, 15) is 40.6 Å². The second-order valence-electron chi connectivity index (χ2n) is 6.73. The summed E-state index contributed by atoms with van der Waals surface area (Å²) in [5, 5.41) is -2.25. The number of imide groups is 1. The van der Waals surface area contributed by atoms with E-state index in [0.29, 0.717) is 0 Å². The van der Waals surface area contributed by atoms with E-state index >= 15 is 0 Å². The monoisotopic (exact) mass is 490 g/mol. The quantitative estimate of drug-likeness (QED) is 0.197. The Hall–Kier alpha value is -3.34. The molecule has 1 aromatic carbocycles. The molecule has 1 aromatic heterocycles. The smallest absolute Gasteiger partial charge is 0.340 e. The van der Waals surface area contributed by atoms with Crippen LogP contribution in [0.4, 0.5) is 5.69 Å². The molecule has 1 fully saturated rings. The van der Waals surface area contributed by atoms with Gasteiger partial charge < -0.3 is 15.0 Å². The van der Waals surface area contributed by atoms with E-state index in [4.69, 9.17) is 14.7 Å². The van der Waals surface area contributed by atoms with E-state index in [-0.39, 0.29) is 27.2 Å². The number of carbonyl (C=O) groups is 3. The van der Waals surface area contributed by atoms with Gasteiger partial charge in [0.2, 0.25) is 0 Å². The number of nitrogens with two attached hydrogens (primary N) is 1. The first-order chi connectivity index (χ1) is 14.6. The van der Waals surface area contributed by atoms with Gasteiger partial charge in [0.25, 0.3) is 32.1 Å². The molecule has 1 aliphatic rings. The van der Waals surface area contributed by atoms with Gasteiger partial charge in [0.15, 0.2) is 5.25 Å². The second kappa shape index (κ2) is 7.66.